The standard InChI is InChI=1S/C16H23NO4.C16H23NO3.CH3.Li/c1-11-3-4-15(10-17)5-6-16(20-7-8-21-16)13(15)14(11,2)12(19)9-18;1-10-4-5-15-6-7-16(19-8-9-20-16)12(15)14(10,3)13(18)17-11(15)2;;/h11,13,18H,3-9H2,1-2H3;10,12H,2,4-9H2,1,3H3,(H,17,18);1H3;/q;;-1;+1/t11-,13+,14+,15+;10-,12?,14-,15+;;/m11../s1. The van der Waals surface area contributed by atoms with Gasteiger partial charge in [-0.15, -0.1) is 0 Å². The minimum absolute atomic E-state index is 0. The molecule has 2 N–H and O–H groups in total. The fourth-order valence-corrected chi connectivity index (χ4v) is 10.5. The summed E-state index contributed by atoms with van der Waals surface area (Å²) in [6.45, 7) is 14.2. The van der Waals surface area contributed by atoms with E-state index in [1.54, 1.807) is 0 Å². The van der Waals surface area contributed by atoms with Crippen molar-refractivity contribution in [3.63, 3.8) is 0 Å². The molecule has 8 atom stereocenters. The van der Waals surface area contributed by atoms with E-state index in [1.165, 1.54) is 0 Å². The summed E-state index contributed by atoms with van der Waals surface area (Å²) in [4.78, 5) is 25.3. The smallest absolute Gasteiger partial charge is 0.389 e. The number of fused-ring (bicyclic) bond motifs is 2. The fourth-order valence-electron chi connectivity index (χ4n) is 10.5. The van der Waals surface area contributed by atoms with Gasteiger partial charge < -0.3 is 36.8 Å². The minimum atomic E-state index is -0.815. The third kappa shape index (κ3) is 4.42. The van der Waals surface area contributed by atoms with Crippen molar-refractivity contribution in [2.45, 2.75) is 90.6 Å². The Morgan fingerprint density at radius 2 is 1.47 bits per heavy atom. The molecule has 234 valence electrons. The molecule has 3 heterocycles. The number of allylic oxidation sites excluding steroid dienone is 1. The summed E-state index contributed by atoms with van der Waals surface area (Å²) in [6, 6.07) is 2.49. The Labute approximate surface area is 269 Å². The van der Waals surface area contributed by atoms with Crippen LogP contribution in [0.15, 0.2) is 12.3 Å². The van der Waals surface area contributed by atoms with E-state index in [-0.39, 0.29) is 61.1 Å². The number of amides is 1. The number of hydrogen-bond acceptors (Lipinski definition) is 8. The van der Waals surface area contributed by atoms with Crippen LogP contribution in [0, 0.1) is 64.1 Å². The van der Waals surface area contributed by atoms with Crippen molar-refractivity contribution in [3.05, 3.63) is 19.7 Å². The first-order valence-corrected chi connectivity index (χ1v) is 15.5. The molecule has 1 amide bonds. The average Bonchev–Trinajstić information content (AvgIpc) is 3.77. The van der Waals surface area contributed by atoms with Gasteiger partial charge in [-0.1, -0.05) is 27.4 Å². The maximum atomic E-state index is 12.7. The van der Waals surface area contributed by atoms with E-state index in [2.05, 4.69) is 31.8 Å². The SMILES string of the molecule is C=C1NC(=O)[C@@]2(C)C3C4(CC[C@@]13CC[C@H]2C)OCCO4.C[C@@H]1CC[C@@]2(C#N)CCC3(OCCO3)[C@H]2[C@]1(C)C(=O)CO.[CH3-].[Li+]. The zero-order valence-electron chi connectivity index (χ0n) is 27.1. The molecule has 0 radical (unpaired) electrons. The van der Waals surface area contributed by atoms with Crippen LogP contribution in [0.25, 0.3) is 0 Å². The van der Waals surface area contributed by atoms with Crippen molar-refractivity contribution in [2.75, 3.05) is 33.0 Å². The molecule has 7 rings (SSSR count). The Morgan fingerprint density at radius 3 is 2.02 bits per heavy atom. The molecule has 2 spiro atoms. The van der Waals surface area contributed by atoms with Gasteiger partial charge in [-0.25, -0.2) is 0 Å². The van der Waals surface area contributed by atoms with E-state index in [0.29, 0.717) is 45.2 Å². The first-order chi connectivity index (χ1) is 19.4. The van der Waals surface area contributed by atoms with Crippen LogP contribution in [-0.4, -0.2) is 61.4 Å². The molecule has 0 aromatic carbocycles. The van der Waals surface area contributed by atoms with E-state index in [9.17, 15) is 20.0 Å². The normalized spacial score (nSPS) is 44.7. The van der Waals surface area contributed by atoms with Crippen molar-refractivity contribution in [1.82, 2.24) is 5.32 Å². The average molecular weight is 593 g/mol. The van der Waals surface area contributed by atoms with Crippen LogP contribution < -0.4 is 24.2 Å². The Balaban J connectivity index is 0.000000188. The molecule has 3 saturated heterocycles. The predicted molar refractivity (Wildman–Crippen MR) is 154 cm³/mol. The van der Waals surface area contributed by atoms with Crippen LogP contribution in [0.4, 0.5) is 0 Å². The second kappa shape index (κ2) is 11.5. The van der Waals surface area contributed by atoms with Gasteiger partial charge in [-0.05, 0) is 57.3 Å². The number of hydrogen-bond donors (Lipinski definition) is 2. The van der Waals surface area contributed by atoms with Gasteiger partial charge in [0.05, 0.1) is 43.3 Å². The number of nitrogens with one attached hydrogen (secondary N) is 1. The molecule has 4 saturated carbocycles. The monoisotopic (exact) mass is 592 g/mol. The topological polar surface area (TPSA) is 127 Å². The van der Waals surface area contributed by atoms with Crippen LogP contribution >= 0.6 is 0 Å². The molecule has 7 aliphatic rings. The summed E-state index contributed by atoms with van der Waals surface area (Å²) in [5.41, 5.74) is -0.896. The number of carbonyl (C=O) groups excluding carboxylic acids is 2. The molecular formula is C33H49LiN2O7. The van der Waals surface area contributed by atoms with E-state index in [4.69, 9.17) is 18.9 Å². The molecule has 0 aromatic heterocycles. The van der Waals surface area contributed by atoms with E-state index in [1.807, 2.05) is 13.8 Å². The number of aliphatic hydroxyl groups excluding tert-OH is 1. The van der Waals surface area contributed by atoms with Gasteiger partial charge in [0.25, 0.3) is 0 Å². The number of rotatable bonds is 2. The molecule has 2 bridgehead atoms. The predicted octanol–water partition coefficient (Wildman–Crippen LogP) is 1.31. The second-order valence-corrected chi connectivity index (χ2v) is 14.3. The molecule has 7 fully saturated rings. The van der Waals surface area contributed by atoms with Crippen molar-refractivity contribution in [3.8, 4) is 6.07 Å². The van der Waals surface area contributed by atoms with Crippen molar-refractivity contribution in [1.29, 1.82) is 5.26 Å². The van der Waals surface area contributed by atoms with E-state index < -0.39 is 34.4 Å². The van der Waals surface area contributed by atoms with Crippen molar-refractivity contribution >= 4 is 11.7 Å². The summed E-state index contributed by atoms with van der Waals surface area (Å²) >= 11 is 0. The summed E-state index contributed by atoms with van der Waals surface area (Å²) in [7, 11) is 0. The van der Waals surface area contributed by atoms with Crippen LogP contribution in [0.1, 0.15) is 79.1 Å². The van der Waals surface area contributed by atoms with Crippen LogP contribution in [-0.2, 0) is 28.5 Å². The van der Waals surface area contributed by atoms with Crippen LogP contribution in [0.3, 0.4) is 0 Å². The van der Waals surface area contributed by atoms with Crippen molar-refractivity contribution < 1.29 is 52.5 Å². The fraction of sp³-hybridized carbons (Fsp3) is 0.818. The van der Waals surface area contributed by atoms with Gasteiger partial charge in [0.15, 0.2) is 17.4 Å². The summed E-state index contributed by atoms with van der Waals surface area (Å²) in [5, 5.41) is 22.4. The summed E-state index contributed by atoms with van der Waals surface area (Å²) < 4.78 is 24.0. The molecule has 9 nitrogen and oxygen atoms in total. The Bertz CT molecular complexity index is 1180. The zero-order valence-corrected chi connectivity index (χ0v) is 27.1. The maximum absolute atomic E-state index is 12.7. The second-order valence-electron chi connectivity index (χ2n) is 14.3. The number of carbonyl (C=O) groups is 2. The first kappa shape index (κ1) is 34.6. The van der Waals surface area contributed by atoms with Gasteiger partial charge in [0.1, 0.15) is 6.61 Å². The molecule has 43 heavy (non-hydrogen) atoms. The molecule has 4 aliphatic carbocycles. The summed E-state index contributed by atoms with van der Waals surface area (Å²) in [6.07, 6.45) is 7.02. The number of ether oxygens (including phenoxy) is 4. The number of nitriles is 1. The number of aliphatic hydroxyl groups is 1. The number of ketones is 1. The summed E-state index contributed by atoms with van der Waals surface area (Å²) in [5.74, 6) is -1.20. The minimum Gasteiger partial charge on any atom is -0.389 e. The maximum Gasteiger partial charge on any atom is 1.00 e. The quantitative estimate of drug-likeness (QED) is 0.363. The first-order valence-electron chi connectivity index (χ1n) is 15.5. The van der Waals surface area contributed by atoms with E-state index >= 15 is 0 Å². The Hall–Kier alpha value is -1.23. The van der Waals surface area contributed by atoms with Crippen LogP contribution in [0.5, 0.6) is 0 Å². The van der Waals surface area contributed by atoms with Gasteiger partial charge in [-0.2, -0.15) is 5.26 Å². The third-order valence-electron chi connectivity index (χ3n) is 13.0. The van der Waals surface area contributed by atoms with E-state index in [0.717, 1.165) is 44.2 Å². The molecule has 10 heteroatoms. The zero-order chi connectivity index (χ0) is 29.5. The number of nitrogens with zero attached hydrogens (tertiary/aromatic N) is 1. The van der Waals surface area contributed by atoms with Gasteiger partial charge in [-0.3, -0.25) is 9.59 Å². The van der Waals surface area contributed by atoms with Gasteiger partial charge in [0, 0.05) is 41.2 Å². The number of piperidine rings is 1. The Morgan fingerprint density at radius 1 is 0.930 bits per heavy atom. The Kier molecular flexibility index (Phi) is 9.29. The van der Waals surface area contributed by atoms with Crippen LogP contribution in [0.2, 0.25) is 0 Å². The molecule has 1 unspecified atom stereocenters. The largest absolute Gasteiger partial charge is 1.00 e. The number of Topliss-reactive ketones (excluding diaryl/α,β-unsaturated/α-hetero) is 1. The molecule has 3 aliphatic heterocycles. The molecular weight excluding hydrogens is 543 g/mol. The third-order valence-corrected chi connectivity index (χ3v) is 13.0. The molecule has 0 aromatic rings. The van der Waals surface area contributed by atoms with Gasteiger partial charge >= 0.3 is 18.9 Å². The van der Waals surface area contributed by atoms with Gasteiger partial charge in [0.2, 0.25) is 5.91 Å². The van der Waals surface area contributed by atoms with Crippen molar-refractivity contribution in [2.24, 2.45) is 45.3 Å².